The number of nitrogens with zero attached hydrogens (tertiary/aromatic N) is 3. The van der Waals surface area contributed by atoms with Crippen molar-refractivity contribution in [2.75, 3.05) is 44.8 Å². The number of amides is 1. The van der Waals surface area contributed by atoms with E-state index in [1.165, 1.54) is 19.2 Å². The van der Waals surface area contributed by atoms with E-state index in [1.807, 2.05) is 30.3 Å². The van der Waals surface area contributed by atoms with Crippen molar-refractivity contribution in [2.24, 2.45) is 0 Å². The number of carbonyl (C=O) groups is 1. The molecular weight excluding hydrogens is 362 g/mol. The van der Waals surface area contributed by atoms with Crippen LogP contribution in [0.3, 0.4) is 0 Å². The Morgan fingerprint density at radius 3 is 2.36 bits per heavy atom. The summed E-state index contributed by atoms with van der Waals surface area (Å²) in [5.74, 6) is 0.184. The predicted molar refractivity (Wildman–Crippen MR) is 105 cm³/mol. The molecule has 0 unspecified atom stereocenters. The maximum absolute atomic E-state index is 13.0. The standard InChI is InChI=1S/C20H23N3O5/c1-3-28-19-13-16(17(23(25)26)14-18(19)27-2)20(24)22-11-9-21(10-12-22)15-7-5-4-6-8-15/h4-8,13-14H,3,9-12H2,1-2H3. The molecule has 0 aliphatic carbocycles. The van der Waals surface area contributed by atoms with Gasteiger partial charge in [0.1, 0.15) is 5.56 Å². The third kappa shape index (κ3) is 4.00. The second-order valence-electron chi connectivity index (χ2n) is 6.33. The molecule has 0 radical (unpaired) electrons. The van der Waals surface area contributed by atoms with Gasteiger partial charge < -0.3 is 19.3 Å². The number of piperazine rings is 1. The Bertz CT molecular complexity index is 848. The Labute approximate surface area is 163 Å². The fraction of sp³-hybridized carbons (Fsp3) is 0.350. The van der Waals surface area contributed by atoms with Crippen molar-refractivity contribution in [1.29, 1.82) is 0 Å². The number of ether oxygens (including phenoxy) is 2. The molecular formula is C20H23N3O5. The van der Waals surface area contributed by atoms with Gasteiger partial charge in [-0.25, -0.2) is 0 Å². The SMILES string of the molecule is CCOc1cc(C(=O)N2CCN(c3ccccc3)CC2)c([N+](=O)[O-])cc1OC. The lowest BCUT2D eigenvalue weighted by Crippen LogP contribution is -2.48. The molecule has 8 nitrogen and oxygen atoms in total. The van der Waals surface area contributed by atoms with Crippen molar-refractivity contribution in [3.05, 3.63) is 58.1 Å². The predicted octanol–water partition coefficient (Wildman–Crippen LogP) is 2.96. The van der Waals surface area contributed by atoms with Crippen LogP contribution in [0.4, 0.5) is 11.4 Å². The maximum Gasteiger partial charge on any atom is 0.286 e. The Morgan fingerprint density at radius 2 is 1.79 bits per heavy atom. The minimum atomic E-state index is -0.564. The number of benzene rings is 2. The van der Waals surface area contributed by atoms with Gasteiger partial charge in [-0.05, 0) is 19.1 Å². The summed E-state index contributed by atoms with van der Waals surface area (Å²) in [5, 5.41) is 11.5. The highest BCUT2D eigenvalue weighted by atomic mass is 16.6. The van der Waals surface area contributed by atoms with Crippen LogP contribution >= 0.6 is 0 Å². The summed E-state index contributed by atoms with van der Waals surface area (Å²) in [6.07, 6.45) is 0. The van der Waals surface area contributed by atoms with Gasteiger partial charge in [-0.3, -0.25) is 14.9 Å². The molecule has 1 amide bonds. The van der Waals surface area contributed by atoms with Crippen molar-refractivity contribution < 1.29 is 19.2 Å². The Balaban J connectivity index is 1.82. The van der Waals surface area contributed by atoms with E-state index in [0.717, 1.165) is 5.69 Å². The van der Waals surface area contributed by atoms with Gasteiger partial charge in [0.25, 0.3) is 11.6 Å². The molecule has 2 aromatic rings. The number of hydrogen-bond donors (Lipinski definition) is 0. The molecule has 1 saturated heterocycles. The smallest absolute Gasteiger partial charge is 0.286 e. The first-order valence-electron chi connectivity index (χ1n) is 9.13. The summed E-state index contributed by atoms with van der Waals surface area (Å²) in [7, 11) is 1.41. The number of para-hydroxylation sites is 1. The number of carbonyl (C=O) groups excluding carboxylic acids is 1. The first kappa shape index (κ1) is 19.5. The molecule has 1 aliphatic rings. The highest BCUT2D eigenvalue weighted by Crippen LogP contribution is 2.35. The Morgan fingerprint density at radius 1 is 1.11 bits per heavy atom. The summed E-state index contributed by atoms with van der Waals surface area (Å²) in [6, 6.07) is 12.6. The molecule has 1 heterocycles. The van der Waals surface area contributed by atoms with E-state index in [2.05, 4.69) is 4.90 Å². The molecule has 0 N–H and O–H groups in total. The zero-order valence-electron chi connectivity index (χ0n) is 16.0. The summed E-state index contributed by atoms with van der Waals surface area (Å²) in [6.45, 7) is 4.46. The number of nitro benzene ring substituents is 1. The average molecular weight is 385 g/mol. The minimum absolute atomic E-state index is 0.0161. The zero-order chi connectivity index (χ0) is 20.1. The van der Waals surface area contributed by atoms with E-state index in [9.17, 15) is 14.9 Å². The van der Waals surface area contributed by atoms with Crippen molar-refractivity contribution >= 4 is 17.3 Å². The highest BCUT2D eigenvalue weighted by Gasteiger charge is 2.30. The van der Waals surface area contributed by atoms with Gasteiger partial charge in [-0.2, -0.15) is 0 Å². The molecule has 2 aromatic carbocycles. The van der Waals surface area contributed by atoms with E-state index < -0.39 is 4.92 Å². The lowest BCUT2D eigenvalue weighted by molar-refractivity contribution is -0.385. The molecule has 148 valence electrons. The fourth-order valence-corrected chi connectivity index (χ4v) is 3.28. The quantitative estimate of drug-likeness (QED) is 0.561. The third-order valence-electron chi connectivity index (χ3n) is 4.70. The molecule has 3 rings (SSSR count). The van der Waals surface area contributed by atoms with E-state index in [0.29, 0.717) is 38.5 Å². The van der Waals surface area contributed by atoms with Gasteiger partial charge in [-0.15, -0.1) is 0 Å². The summed E-state index contributed by atoms with van der Waals surface area (Å²) in [4.78, 5) is 27.8. The molecule has 0 spiro atoms. The summed E-state index contributed by atoms with van der Waals surface area (Å²) >= 11 is 0. The van der Waals surface area contributed by atoms with Gasteiger partial charge in [0.05, 0.1) is 24.7 Å². The first-order valence-corrected chi connectivity index (χ1v) is 9.13. The molecule has 8 heteroatoms. The number of rotatable bonds is 6. The normalized spacial score (nSPS) is 13.9. The highest BCUT2D eigenvalue weighted by molar-refractivity contribution is 5.99. The lowest BCUT2D eigenvalue weighted by atomic mass is 10.1. The molecule has 1 fully saturated rings. The Kier molecular flexibility index (Phi) is 5.98. The minimum Gasteiger partial charge on any atom is -0.493 e. The maximum atomic E-state index is 13.0. The van der Waals surface area contributed by atoms with E-state index >= 15 is 0 Å². The number of methoxy groups -OCH3 is 1. The van der Waals surface area contributed by atoms with E-state index in [4.69, 9.17) is 9.47 Å². The Hall–Kier alpha value is -3.29. The molecule has 0 bridgehead atoms. The van der Waals surface area contributed by atoms with Gasteiger partial charge >= 0.3 is 0 Å². The molecule has 0 atom stereocenters. The third-order valence-corrected chi connectivity index (χ3v) is 4.70. The average Bonchev–Trinajstić information content (AvgIpc) is 2.73. The van der Waals surface area contributed by atoms with Crippen molar-refractivity contribution in [2.45, 2.75) is 6.92 Å². The first-order chi connectivity index (χ1) is 13.5. The second-order valence-corrected chi connectivity index (χ2v) is 6.33. The second kappa shape index (κ2) is 8.60. The van der Waals surface area contributed by atoms with Gasteiger partial charge in [0.15, 0.2) is 11.5 Å². The largest absolute Gasteiger partial charge is 0.493 e. The molecule has 1 aliphatic heterocycles. The monoisotopic (exact) mass is 385 g/mol. The topological polar surface area (TPSA) is 85.2 Å². The van der Waals surface area contributed by atoms with Crippen LogP contribution in [-0.2, 0) is 0 Å². The van der Waals surface area contributed by atoms with Crippen molar-refractivity contribution in [3.8, 4) is 11.5 Å². The van der Waals surface area contributed by atoms with Crippen LogP contribution in [0.2, 0.25) is 0 Å². The van der Waals surface area contributed by atoms with Gasteiger partial charge in [0.2, 0.25) is 0 Å². The van der Waals surface area contributed by atoms with Crippen LogP contribution in [-0.4, -0.2) is 55.6 Å². The van der Waals surface area contributed by atoms with Crippen LogP contribution in [0.5, 0.6) is 11.5 Å². The zero-order valence-corrected chi connectivity index (χ0v) is 16.0. The van der Waals surface area contributed by atoms with E-state index in [-0.39, 0.29) is 22.9 Å². The van der Waals surface area contributed by atoms with E-state index in [1.54, 1.807) is 11.8 Å². The summed E-state index contributed by atoms with van der Waals surface area (Å²) < 4.78 is 10.7. The van der Waals surface area contributed by atoms with Crippen LogP contribution < -0.4 is 14.4 Å². The van der Waals surface area contributed by atoms with Gasteiger partial charge in [-0.1, -0.05) is 18.2 Å². The van der Waals surface area contributed by atoms with Crippen LogP contribution in [0.15, 0.2) is 42.5 Å². The van der Waals surface area contributed by atoms with Gasteiger partial charge in [0, 0.05) is 37.9 Å². The molecule has 0 saturated carbocycles. The van der Waals surface area contributed by atoms with Crippen molar-refractivity contribution in [1.82, 2.24) is 4.90 Å². The summed E-state index contributed by atoms with van der Waals surface area (Å²) in [5.41, 5.74) is 0.835. The number of nitro groups is 1. The lowest BCUT2D eigenvalue weighted by Gasteiger charge is -2.36. The fourth-order valence-electron chi connectivity index (χ4n) is 3.28. The molecule has 0 aromatic heterocycles. The van der Waals surface area contributed by atoms with Crippen LogP contribution in [0.25, 0.3) is 0 Å². The number of anilines is 1. The molecule has 28 heavy (non-hydrogen) atoms. The number of hydrogen-bond acceptors (Lipinski definition) is 6. The van der Waals surface area contributed by atoms with Crippen molar-refractivity contribution in [3.63, 3.8) is 0 Å². The van der Waals surface area contributed by atoms with Crippen LogP contribution in [0.1, 0.15) is 17.3 Å². The van der Waals surface area contributed by atoms with Crippen LogP contribution in [0, 0.1) is 10.1 Å².